The predicted octanol–water partition coefficient (Wildman–Crippen LogP) is 3.08. The van der Waals surface area contributed by atoms with Crippen molar-refractivity contribution >= 4 is 27.5 Å². The first-order valence-electron chi connectivity index (χ1n) is 7.00. The van der Waals surface area contributed by atoms with Gasteiger partial charge in [0.2, 0.25) is 0 Å². The molecule has 6 heteroatoms. The summed E-state index contributed by atoms with van der Waals surface area (Å²) in [5.74, 6) is -0.140. The number of benzene rings is 2. The minimum Gasteiger partial charge on any atom is -0.337 e. The number of amides is 1. The standard InChI is InChI=1S/C17H19NO3S2/c1-18(12-13-4-8-15(22-2)9-5-13)17(19)14-6-10-16(11-7-14)23(3,20)21/h4-11H,12H2,1-3H3. The second kappa shape index (κ2) is 7.19. The SMILES string of the molecule is CSc1ccc(CN(C)C(=O)c2ccc(S(C)(=O)=O)cc2)cc1. The summed E-state index contributed by atoms with van der Waals surface area (Å²) < 4.78 is 22.9. The highest BCUT2D eigenvalue weighted by Gasteiger charge is 2.14. The number of hydrogen-bond acceptors (Lipinski definition) is 4. The second-order valence-electron chi connectivity index (χ2n) is 5.31. The van der Waals surface area contributed by atoms with Gasteiger partial charge in [0.15, 0.2) is 9.84 Å². The molecule has 0 radical (unpaired) electrons. The molecule has 0 aliphatic carbocycles. The normalized spacial score (nSPS) is 11.3. The van der Waals surface area contributed by atoms with Crippen LogP contribution in [-0.2, 0) is 16.4 Å². The summed E-state index contributed by atoms with van der Waals surface area (Å²) in [5, 5.41) is 0. The van der Waals surface area contributed by atoms with Gasteiger partial charge in [-0.15, -0.1) is 11.8 Å². The smallest absolute Gasteiger partial charge is 0.253 e. The first-order valence-corrected chi connectivity index (χ1v) is 10.1. The van der Waals surface area contributed by atoms with Crippen LogP contribution in [-0.4, -0.2) is 38.8 Å². The van der Waals surface area contributed by atoms with Crippen molar-refractivity contribution in [2.75, 3.05) is 19.6 Å². The monoisotopic (exact) mass is 349 g/mol. The molecule has 0 heterocycles. The maximum absolute atomic E-state index is 12.4. The van der Waals surface area contributed by atoms with Gasteiger partial charge in [0, 0.05) is 30.3 Å². The Bertz CT molecular complexity index is 782. The number of carbonyl (C=O) groups is 1. The van der Waals surface area contributed by atoms with Crippen molar-refractivity contribution in [2.24, 2.45) is 0 Å². The molecule has 0 aliphatic heterocycles. The summed E-state index contributed by atoms with van der Waals surface area (Å²) in [7, 11) is -1.52. The molecule has 0 atom stereocenters. The van der Waals surface area contributed by atoms with Gasteiger partial charge in [-0.3, -0.25) is 4.79 Å². The van der Waals surface area contributed by atoms with Crippen molar-refractivity contribution in [2.45, 2.75) is 16.3 Å². The fourth-order valence-corrected chi connectivity index (χ4v) is 3.18. The van der Waals surface area contributed by atoms with Crippen molar-refractivity contribution in [1.29, 1.82) is 0 Å². The van der Waals surface area contributed by atoms with Crippen LogP contribution >= 0.6 is 11.8 Å². The molecule has 0 bridgehead atoms. The average molecular weight is 349 g/mol. The Labute approximate surface area is 141 Å². The molecule has 122 valence electrons. The highest BCUT2D eigenvalue weighted by atomic mass is 32.2. The number of hydrogen-bond donors (Lipinski definition) is 0. The highest BCUT2D eigenvalue weighted by molar-refractivity contribution is 7.98. The molecule has 2 aromatic rings. The molecule has 0 spiro atoms. The molecule has 0 unspecified atom stereocenters. The lowest BCUT2D eigenvalue weighted by Crippen LogP contribution is -2.26. The summed E-state index contributed by atoms with van der Waals surface area (Å²) in [6.45, 7) is 0.501. The Morgan fingerprint density at radius 2 is 1.61 bits per heavy atom. The number of sulfone groups is 1. The molecule has 0 aromatic heterocycles. The van der Waals surface area contributed by atoms with E-state index < -0.39 is 9.84 Å². The molecule has 0 saturated heterocycles. The van der Waals surface area contributed by atoms with Gasteiger partial charge in [-0.25, -0.2) is 8.42 Å². The molecular formula is C17H19NO3S2. The van der Waals surface area contributed by atoms with Crippen LogP contribution < -0.4 is 0 Å². The zero-order valence-electron chi connectivity index (χ0n) is 13.3. The Kier molecular flexibility index (Phi) is 5.49. The predicted molar refractivity (Wildman–Crippen MR) is 93.6 cm³/mol. The van der Waals surface area contributed by atoms with Crippen molar-refractivity contribution in [3.8, 4) is 0 Å². The lowest BCUT2D eigenvalue weighted by atomic mass is 10.1. The van der Waals surface area contributed by atoms with Crippen LogP contribution in [0.2, 0.25) is 0 Å². The molecule has 2 rings (SSSR count). The number of rotatable bonds is 5. The van der Waals surface area contributed by atoms with E-state index in [1.807, 2.05) is 30.5 Å². The molecule has 2 aromatic carbocycles. The summed E-state index contributed by atoms with van der Waals surface area (Å²) in [6.07, 6.45) is 3.17. The largest absolute Gasteiger partial charge is 0.337 e. The van der Waals surface area contributed by atoms with Crippen LogP contribution in [0.4, 0.5) is 0 Å². The third-order valence-electron chi connectivity index (χ3n) is 3.45. The average Bonchev–Trinajstić information content (AvgIpc) is 2.54. The van der Waals surface area contributed by atoms with Crippen molar-refractivity contribution in [3.63, 3.8) is 0 Å². The molecule has 4 nitrogen and oxygen atoms in total. The van der Waals surface area contributed by atoms with E-state index in [2.05, 4.69) is 0 Å². The first kappa shape index (κ1) is 17.6. The molecular weight excluding hydrogens is 330 g/mol. The summed E-state index contributed by atoms with van der Waals surface area (Å²) >= 11 is 1.67. The summed E-state index contributed by atoms with van der Waals surface area (Å²) in [4.78, 5) is 15.4. The summed E-state index contributed by atoms with van der Waals surface area (Å²) in [6, 6.07) is 14.1. The van der Waals surface area contributed by atoms with Crippen molar-refractivity contribution in [3.05, 3.63) is 59.7 Å². The Morgan fingerprint density at radius 1 is 1.04 bits per heavy atom. The third kappa shape index (κ3) is 4.59. The zero-order valence-corrected chi connectivity index (χ0v) is 14.9. The molecule has 1 amide bonds. The van der Waals surface area contributed by atoms with Crippen LogP contribution in [0.3, 0.4) is 0 Å². The maximum atomic E-state index is 12.4. The van der Waals surface area contributed by atoms with Crippen LogP contribution in [0.15, 0.2) is 58.3 Å². The lowest BCUT2D eigenvalue weighted by Gasteiger charge is -2.17. The van der Waals surface area contributed by atoms with E-state index in [0.717, 1.165) is 11.8 Å². The first-order chi connectivity index (χ1) is 10.8. The fraction of sp³-hybridized carbons (Fsp3) is 0.235. The minimum atomic E-state index is -3.25. The zero-order chi connectivity index (χ0) is 17.0. The quantitative estimate of drug-likeness (QED) is 0.779. The van der Waals surface area contributed by atoms with Gasteiger partial charge in [0.1, 0.15) is 0 Å². The van der Waals surface area contributed by atoms with Gasteiger partial charge in [0.05, 0.1) is 4.90 Å². The van der Waals surface area contributed by atoms with E-state index in [9.17, 15) is 13.2 Å². The van der Waals surface area contributed by atoms with E-state index in [1.54, 1.807) is 35.8 Å². The Balaban J connectivity index is 2.09. The van der Waals surface area contributed by atoms with E-state index in [1.165, 1.54) is 17.0 Å². The van der Waals surface area contributed by atoms with Gasteiger partial charge < -0.3 is 4.90 Å². The third-order valence-corrected chi connectivity index (χ3v) is 5.33. The van der Waals surface area contributed by atoms with Gasteiger partial charge >= 0.3 is 0 Å². The Hall–Kier alpha value is -1.79. The van der Waals surface area contributed by atoms with Gasteiger partial charge in [0.25, 0.3) is 5.91 Å². The van der Waals surface area contributed by atoms with Crippen LogP contribution in [0.5, 0.6) is 0 Å². The molecule has 23 heavy (non-hydrogen) atoms. The molecule has 0 saturated carbocycles. The Morgan fingerprint density at radius 3 is 2.09 bits per heavy atom. The maximum Gasteiger partial charge on any atom is 0.253 e. The van der Waals surface area contributed by atoms with E-state index in [4.69, 9.17) is 0 Å². The van der Waals surface area contributed by atoms with Crippen LogP contribution in [0.25, 0.3) is 0 Å². The van der Waals surface area contributed by atoms with E-state index >= 15 is 0 Å². The van der Waals surface area contributed by atoms with Crippen molar-refractivity contribution in [1.82, 2.24) is 4.90 Å². The van der Waals surface area contributed by atoms with E-state index in [0.29, 0.717) is 12.1 Å². The van der Waals surface area contributed by atoms with Crippen LogP contribution in [0.1, 0.15) is 15.9 Å². The molecule has 0 fully saturated rings. The van der Waals surface area contributed by atoms with Crippen molar-refractivity contribution < 1.29 is 13.2 Å². The van der Waals surface area contributed by atoms with E-state index in [-0.39, 0.29) is 10.8 Å². The van der Waals surface area contributed by atoms with Crippen LogP contribution in [0, 0.1) is 0 Å². The molecule has 0 aliphatic rings. The van der Waals surface area contributed by atoms with Gasteiger partial charge in [-0.1, -0.05) is 12.1 Å². The van der Waals surface area contributed by atoms with Gasteiger partial charge in [-0.05, 0) is 48.2 Å². The number of thioether (sulfide) groups is 1. The highest BCUT2D eigenvalue weighted by Crippen LogP contribution is 2.17. The summed E-state index contributed by atoms with van der Waals surface area (Å²) in [5.41, 5.74) is 1.52. The fourth-order valence-electron chi connectivity index (χ4n) is 2.14. The number of nitrogens with zero attached hydrogens (tertiary/aromatic N) is 1. The minimum absolute atomic E-state index is 0.140. The topological polar surface area (TPSA) is 54.5 Å². The lowest BCUT2D eigenvalue weighted by molar-refractivity contribution is 0.0785. The molecule has 0 N–H and O–H groups in total. The number of carbonyl (C=O) groups excluding carboxylic acids is 1. The van der Waals surface area contributed by atoms with Gasteiger partial charge in [-0.2, -0.15) is 0 Å². The second-order valence-corrected chi connectivity index (χ2v) is 8.20.